The van der Waals surface area contributed by atoms with E-state index in [0.29, 0.717) is 41.8 Å². The van der Waals surface area contributed by atoms with Crippen molar-refractivity contribution in [3.63, 3.8) is 0 Å². The maximum atomic E-state index is 13.3. The number of aryl methyl sites for hydroxylation is 1. The molecule has 1 aliphatic rings. The maximum absolute atomic E-state index is 13.3. The number of carbonyl (C=O) groups is 2. The SMILES string of the molecule is CCCCCn1c(N2CCC[C@@]2(C)C(=O)NCCC(=O)O)cc(=O)n2cc(-c3ccc(Cl)cc3)nc12. The minimum absolute atomic E-state index is 0.0602. The number of unbranched alkanes of at least 4 members (excludes halogenated alkanes) is 2. The molecule has 2 N–H and O–H groups in total. The lowest BCUT2D eigenvalue weighted by molar-refractivity contribution is -0.137. The van der Waals surface area contributed by atoms with Crippen LogP contribution in [0.15, 0.2) is 41.3 Å². The van der Waals surface area contributed by atoms with Crippen molar-refractivity contribution < 1.29 is 14.7 Å². The molecule has 0 radical (unpaired) electrons. The Bertz CT molecular complexity index is 1320. The van der Waals surface area contributed by atoms with E-state index in [2.05, 4.69) is 12.2 Å². The number of hydrogen-bond acceptors (Lipinski definition) is 5. The van der Waals surface area contributed by atoms with Gasteiger partial charge in [0.2, 0.25) is 11.7 Å². The number of nitrogens with one attached hydrogen (secondary N) is 1. The summed E-state index contributed by atoms with van der Waals surface area (Å²) in [6, 6.07) is 8.91. The van der Waals surface area contributed by atoms with E-state index in [1.54, 1.807) is 28.8 Å². The Kier molecular flexibility index (Phi) is 7.68. The molecule has 0 bridgehead atoms. The summed E-state index contributed by atoms with van der Waals surface area (Å²) >= 11 is 6.05. The van der Waals surface area contributed by atoms with Crippen LogP contribution in [0.3, 0.4) is 0 Å². The summed E-state index contributed by atoms with van der Waals surface area (Å²) in [5.41, 5.74) is 0.398. The number of aliphatic carboxylic acids is 1. The Morgan fingerprint density at radius 1 is 1.22 bits per heavy atom. The topological polar surface area (TPSA) is 109 Å². The van der Waals surface area contributed by atoms with Crippen molar-refractivity contribution in [2.24, 2.45) is 0 Å². The van der Waals surface area contributed by atoms with Gasteiger partial charge in [-0.2, -0.15) is 0 Å². The molecule has 0 spiro atoms. The van der Waals surface area contributed by atoms with Gasteiger partial charge in [-0.05, 0) is 38.3 Å². The van der Waals surface area contributed by atoms with Gasteiger partial charge < -0.3 is 15.3 Å². The van der Waals surface area contributed by atoms with E-state index in [-0.39, 0.29) is 24.4 Å². The fourth-order valence-corrected chi connectivity index (χ4v) is 4.97. The molecule has 0 saturated carbocycles. The molecule has 0 aliphatic carbocycles. The van der Waals surface area contributed by atoms with Crippen LogP contribution in [-0.2, 0) is 16.1 Å². The van der Waals surface area contributed by atoms with Crippen molar-refractivity contribution in [1.82, 2.24) is 19.3 Å². The molecular weight excluding hydrogens is 482 g/mol. The molecule has 10 heteroatoms. The summed E-state index contributed by atoms with van der Waals surface area (Å²) in [5, 5.41) is 12.3. The predicted molar refractivity (Wildman–Crippen MR) is 140 cm³/mol. The van der Waals surface area contributed by atoms with E-state index < -0.39 is 11.5 Å². The summed E-state index contributed by atoms with van der Waals surface area (Å²) in [4.78, 5) is 44.2. The number of carboxylic acid groups (broad SMARTS) is 1. The van der Waals surface area contributed by atoms with Gasteiger partial charge in [-0.1, -0.05) is 43.5 Å². The second-order valence-electron chi connectivity index (χ2n) is 9.43. The van der Waals surface area contributed by atoms with Crippen molar-refractivity contribution >= 4 is 35.1 Å². The first-order valence-electron chi connectivity index (χ1n) is 12.4. The molecule has 1 atom stereocenters. The Morgan fingerprint density at radius 2 is 1.97 bits per heavy atom. The molecule has 1 fully saturated rings. The zero-order chi connectivity index (χ0) is 25.9. The number of halogens is 1. The van der Waals surface area contributed by atoms with E-state index in [9.17, 15) is 14.4 Å². The molecular formula is C26H32ClN5O4. The van der Waals surface area contributed by atoms with Crippen LogP contribution in [0, 0.1) is 0 Å². The van der Waals surface area contributed by atoms with Gasteiger partial charge in [0.25, 0.3) is 5.56 Å². The highest BCUT2D eigenvalue weighted by molar-refractivity contribution is 6.30. The minimum atomic E-state index is -0.963. The first-order valence-corrected chi connectivity index (χ1v) is 12.8. The predicted octanol–water partition coefficient (Wildman–Crippen LogP) is 3.96. The number of aromatic nitrogens is 3. The summed E-state index contributed by atoms with van der Waals surface area (Å²) in [7, 11) is 0. The largest absolute Gasteiger partial charge is 0.481 e. The van der Waals surface area contributed by atoms with E-state index in [1.165, 1.54) is 0 Å². The summed E-state index contributed by atoms with van der Waals surface area (Å²) in [6.07, 6.45) is 5.95. The summed E-state index contributed by atoms with van der Waals surface area (Å²) in [5.74, 6) is -0.0158. The van der Waals surface area contributed by atoms with Crippen molar-refractivity contribution in [2.45, 2.75) is 64.5 Å². The number of hydrogen-bond donors (Lipinski definition) is 2. The van der Waals surface area contributed by atoms with Crippen molar-refractivity contribution in [3.05, 3.63) is 51.9 Å². The third-order valence-corrected chi connectivity index (χ3v) is 7.10. The Morgan fingerprint density at radius 3 is 2.67 bits per heavy atom. The number of benzene rings is 1. The molecule has 3 heterocycles. The minimum Gasteiger partial charge on any atom is -0.481 e. The van der Waals surface area contributed by atoms with Gasteiger partial charge in [0, 0.05) is 42.5 Å². The van der Waals surface area contributed by atoms with Crippen LogP contribution in [-0.4, -0.2) is 49.6 Å². The lowest BCUT2D eigenvalue weighted by atomic mass is 9.97. The number of carboxylic acids is 1. The molecule has 1 amide bonds. The van der Waals surface area contributed by atoms with Gasteiger partial charge in [0.15, 0.2) is 0 Å². The lowest BCUT2D eigenvalue weighted by Crippen LogP contribution is -2.55. The average Bonchev–Trinajstić information content (AvgIpc) is 3.46. The standard InChI is InChI=1S/C26H32ClN5O4/c1-3-4-5-14-30-21(32-15-6-12-26(32,2)24(36)28-13-11-23(34)35)16-22(33)31-17-20(29-25(30)31)18-7-9-19(27)10-8-18/h7-10,16-17H,3-6,11-15H2,1-2H3,(H,28,36)(H,34,35)/t26-/m0/s1. The highest BCUT2D eigenvalue weighted by Gasteiger charge is 2.44. The quantitative estimate of drug-likeness (QED) is 0.397. The highest BCUT2D eigenvalue weighted by atomic mass is 35.5. The van der Waals surface area contributed by atoms with Crippen LogP contribution in [0.5, 0.6) is 0 Å². The average molecular weight is 514 g/mol. The molecule has 9 nitrogen and oxygen atoms in total. The highest BCUT2D eigenvalue weighted by Crippen LogP contribution is 2.35. The van der Waals surface area contributed by atoms with Crippen molar-refractivity contribution in [1.29, 1.82) is 0 Å². The second kappa shape index (κ2) is 10.7. The number of anilines is 1. The van der Waals surface area contributed by atoms with Crippen molar-refractivity contribution in [2.75, 3.05) is 18.0 Å². The van der Waals surface area contributed by atoms with Gasteiger partial charge in [-0.15, -0.1) is 0 Å². The van der Waals surface area contributed by atoms with E-state index >= 15 is 0 Å². The smallest absolute Gasteiger partial charge is 0.305 e. The van der Waals surface area contributed by atoms with Crippen LogP contribution in [0.4, 0.5) is 5.82 Å². The Labute approximate surface area is 214 Å². The maximum Gasteiger partial charge on any atom is 0.305 e. The molecule has 2 aromatic heterocycles. The molecule has 3 aromatic rings. The van der Waals surface area contributed by atoms with Crippen LogP contribution in [0.2, 0.25) is 5.02 Å². The number of imidazole rings is 1. The van der Waals surface area contributed by atoms with Gasteiger partial charge >= 0.3 is 5.97 Å². The van der Waals surface area contributed by atoms with Crippen LogP contribution < -0.4 is 15.8 Å². The summed E-state index contributed by atoms with van der Waals surface area (Å²) in [6.45, 7) is 5.31. The Hall–Kier alpha value is -3.33. The molecule has 1 saturated heterocycles. The fourth-order valence-electron chi connectivity index (χ4n) is 4.84. The molecule has 0 unspecified atom stereocenters. The third-order valence-electron chi connectivity index (χ3n) is 6.85. The lowest BCUT2D eigenvalue weighted by Gasteiger charge is -2.37. The molecule has 192 valence electrons. The summed E-state index contributed by atoms with van der Waals surface area (Å²) < 4.78 is 3.59. The zero-order valence-electron chi connectivity index (χ0n) is 20.7. The molecule has 36 heavy (non-hydrogen) atoms. The number of carbonyl (C=O) groups excluding carboxylic acids is 1. The van der Waals surface area contributed by atoms with Gasteiger partial charge in [0.05, 0.1) is 12.1 Å². The number of rotatable bonds is 10. The van der Waals surface area contributed by atoms with E-state index in [4.69, 9.17) is 21.7 Å². The zero-order valence-corrected chi connectivity index (χ0v) is 21.4. The van der Waals surface area contributed by atoms with Gasteiger partial charge in [-0.25, -0.2) is 4.98 Å². The normalized spacial score (nSPS) is 17.6. The Balaban J connectivity index is 1.78. The second-order valence-corrected chi connectivity index (χ2v) is 9.87. The van der Waals surface area contributed by atoms with Gasteiger partial charge in [0.1, 0.15) is 11.4 Å². The number of amides is 1. The molecule has 1 aliphatic heterocycles. The number of fused-ring (bicyclic) bond motifs is 1. The van der Waals surface area contributed by atoms with Crippen LogP contribution in [0.25, 0.3) is 17.0 Å². The van der Waals surface area contributed by atoms with Gasteiger partial charge in [-0.3, -0.25) is 23.4 Å². The van der Waals surface area contributed by atoms with Crippen molar-refractivity contribution in [3.8, 4) is 11.3 Å². The first-order chi connectivity index (χ1) is 17.2. The molecule has 1 aromatic carbocycles. The number of nitrogens with zero attached hydrogens (tertiary/aromatic N) is 4. The van der Waals surface area contributed by atoms with E-state index in [0.717, 1.165) is 31.2 Å². The fraction of sp³-hybridized carbons (Fsp3) is 0.462. The first kappa shape index (κ1) is 25.8. The monoisotopic (exact) mass is 513 g/mol. The van der Waals surface area contributed by atoms with Crippen LogP contribution in [0.1, 0.15) is 52.4 Å². The van der Waals surface area contributed by atoms with Crippen LogP contribution >= 0.6 is 11.6 Å². The third kappa shape index (κ3) is 5.11. The van der Waals surface area contributed by atoms with E-state index in [1.807, 2.05) is 28.5 Å². The molecule has 4 rings (SSSR count).